The Hall–Kier alpha value is -0.150. The third-order valence-electron chi connectivity index (χ3n) is 1.63. The molecule has 2 atom stereocenters. The minimum atomic E-state index is -1.01. The van der Waals surface area contributed by atoms with Crippen LogP contribution in [-0.4, -0.2) is 30.5 Å². The number of rotatable bonds is 0. The quantitative estimate of drug-likeness (QED) is 0.490. The van der Waals surface area contributed by atoms with Gasteiger partial charge in [0.05, 0.1) is 6.10 Å². The molecule has 3 heteroatoms. The third-order valence-corrected chi connectivity index (χ3v) is 1.63. The van der Waals surface area contributed by atoms with E-state index in [0.29, 0.717) is 19.4 Å². The molecule has 2 unspecified atom stereocenters. The van der Waals surface area contributed by atoms with Crippen molar-refractivity contribution in [1.82, 2.24) is 5.32 Å². The molecule has 2 N–H and O–H groups in total. The molecule has 1 aliphatic heterocycles. The summed E-state index contributed by atoms with van der Waals surface area (Å²) >= 11 is 0. The van der Waals surface area contributed by atoms with Crippen LogP contribution in [0.1, 0.15) is 12.8 Å². The molecule has 9 heavy (non-hydrogen) atoms. The van der Waals surface area contributed by atoms with E-state index >= 15 is 0 Å². The molecule has 1 aliphatic rings. The van der Waals surface area contributed by atoms with Crippen LogP contribution < -0.4 is 5.32 Å². The molecule has 0 amide bonds. The van der Waals surface area contributed by atoms with Crippen molar-refractivity contribution >= 4 is 0 Å². The summed E-state index contributed by atoms with van der Waals surface area (Å²) < 4.78 is 12.5. The van der Waals surface area contributed by atoms with Gasteiger partial charge in [-0.15, -0.1) is 0 Å². The highest BCUT2D eigenvalue weighted by Crippen LogP contribution is 2.09. The van der Waals surface area contributed by atoms with Gasteiger partial charge in [-0.3, -0.25) is 0 Å². The van der Waals surface area contributed by atoms with Crippen LogP contribution in [0.3, 0.4) is 0 Å². The summed E-state index contributed by atoms with van der Waals surface area (Å²) in [5.74, 6) is 0. The van der Waals surface area contributed by atoms with E-state index in [1.807, 2.05) is 0 Å². The van der Waals surface area contributed by atoms with Crippen LogP contribution >= 0.6 is 0 Å². The Bertz CT molecular complexity index is 79.1. The average molecular weight is 133 g/mol. The normalized spacial score (nSPS) is 38.0. The summed E-state index contributed by atoms with van der Waals surface area (Å²) in [5, 5.41) is 12.0. The van der Waals surface area contributed by atoms with Gasteiger partial charge in [-0.2, -0.15) is 0 Å². The van der Waals surface area contributed by atoms with Crippen molar-refractivity contribution in [3.05, 3.63) is 0 Å². The number of hydrogen-bond donors (Lipinski definition) is 2. The summed E-state index contributed by atoms with van der Waals surface area (Å²) in [7, 11) is 0. The Balaban J connectivity index is 2.32. The lowest BCUT2D eigenvalue weighted by molar-refractivity contribution is 0.0758. The minimum absolute atomic E-state index is 0.446. The van der Waals surface area contributed by atoms with Crippen molar-refractivity contribution in [2.45, 2.75) is 25.1 Å². The maximum atomic E-state index is 12.5. The zero-order valence-electron chi connectivity index (χ0n) is 5.31. The molecule has 0 aromatic rings. The van der Waals surface area contributed by atoms with Gasteiger partial charge in [-0.05, 0) is 25.9 Å². The molecule has 1 fully saturated rings. The molecule has 0 saturated carbocycles. The van der Waals surface area contributed by atoms with E-state index in [0.717, 1.165) is 6.54 Å². The topological polar surface area (TPSA) is 32.3 Å². The first-order valence-corrected chi connectivity index (χ1v) is 3.33. The molecule has 0 aromatic carbocycles. The van der Waals surface area contributed by atoms with Crippen LogP contribution in [0.4, 0.5) is 4.39 Å². The molecule has 1 rings (SSSR count). The van der Waals surface area contributed by atoms with Crippen LogP contribution in [-0.2, 0) is 0 Å². The Kier molecular flexibility index (Phi) is 2.42. The smallest absolute Gasteiger partial charge is 0.127 e. The fraction of sp³-hybridized carbons (Fsp3) is 1.00. The molecule has 2 nitrogen and oxygen atoms in total. The fourth-order valence-electron chi connectivity index (χ4n) is 0.988. The zero-order valence-corrected chi connectivity index (χ0v) is 5.31. The van der Waals surface area contributed by atoms with Gasteiger partial charge in [-0.25, -0.2) is 4.39 Å². The summed E-state index contributed by atoms with van der Waals surface area (Å²) in [6.45, 7) is 1.43. The Morgan fingerprint density at radius 1 is 1.33 bits per heavy atom. The van der Waals surface area contributed by atoms with Crippen molar-refractivity contribution in [2.75, 3.05) is 13.1 Å². The minimum Gasteiger partial charge on any atom is -0.390 e. The van der Waals surface area contributed by atoms with Crippen molar-refractivity contribution in [3.63, 3.8) is 0 Å². The number of nitrogens with one attached hydrogen (secondary N) is 1. The summed E-state index contributed by atoms with van der Waals surface area (Å²) in [6.07, 6.45) is -0.762. The molecule has 1 saturated heterocycles. The van der Waals surface area contributed by atoms with E-state index in [1.54, 1.807) is 0 Å². The van der Waals surface area contributed by atoms with Crippen molar-refractivity contribution in [1.29, 1.82) is 0 Å². The molecule has 0 aromatic heterocycles. The predicted molar refractivity (Wildman–Crippen MR) is 33.0 cm³/mol. The van der Waals surface area contributed by atoms with E-state index in [4.69, 9.17) is 5.11 Å². The average Bonchev–Trinajstić information content (AvgIpc) is 1.99. The molecule has 0 radical (unpaired) electrons. The SMILES string of the molecule is OC1CCNCCC1F. The van der Waals surface area contributed by atoms with Crippen LogP contribution in [0.15, 0.2) is 0 Å². The molecule has 0 spiro atoms. The summed E-state index contributed by atoms with van der Waals surface area (Å²) in [5.41, 5.74) is 0. The number of alkyl halides is 1. The maximum absolute atomic E-state index is 12.5. The van der Waals surface area contributed by atoms with Gasteiger partial charge in [0.25, 0.3) is 0 Å². The van der Waals surface area contributed by atoms with Crippen LogP contribution in [0.5, 0.6) is 0 Å². The lowest BCUT2D eigenvalue weighted by Crippen LogP contribution is -2.20. The second-order valence-corrected chi connectivity index (χ2v) is 2.41. The molecular weight excluding hydrogens is 121 g/mol. The molecule has 54 valence electrons. The van der Waals surface area contributed by atoms with E-state index in [-0.39, 0.29) is 0 Å². The Labute approximate surface area is 54.1 Å². The monoisotopic (exact) mass is 133 g/mol. The molecule has 0 bridgehead atoms. The van der Waals surface area contributed by atoms with E-state index in [1.165, 1.54) is 0 Å². The largest absolute Gasteiger partial charge is 0.390 e. The summed E-state index contributed by atoms with van der Waals surface area (Å²) in [4.78, 5) is 0. The number of hydrogen-bond acceptors (Lipinski definition) is 2. The van der Waals surface area contributed by atoms with Gasteiger partial charge in [0.1, 0.15) is 6.17 Å². The first-order valence-electron chi connectivity index (χ1n) is 3.33. The molecule has 0 aliphatic carbocycles. The van der Waals surface area contributed by atoms with E-state index < -0.39 is 12.3 Å². The number of aliphatic hydroxyl groups is 1. The highest BCUT2D eigenvalue weighted by atomic mass is 19.1. The third kappa shape index (κ3) is 1.91. The first kappa shape index (κ1) is 6.96. The first-order chi connectivity index (χ1) is 4.30. The van der Waals surface area contributed by atoms with Gasteiger partial charge in [-0.1, -0.05) is 0 Å². The fourth-order valence-corrected chi connectivity index (χ4v) is 0.988. The highest BCUT2D eigenvalue weighted by molar-refractivity contribution is 4.73. The van der Waals surface area contributed by atoms with Crippen LogP contribution in [0.2, 0.25) is 0 Å². The van der Waals surface area contributed by atoms with Crippen molar-refractivity contribution < 1.29 is 9.50 Å². The van der Waals surface area contributed by atoms with Gasteiger partial charge < -0.3 is 10.4 Å². The van der Waals surface area contributed by atoms with Gasteiger partial charge >= 0.3 is 0 Å². The van der Waals surface area contributed by atoms with Crippen LogP contribution in [0.25, 0.3) is 0 Å². The Morgan fingerprint density at radius 2 is 2.00 bits per heavy atom. The van der Waals surface area contributed by atoms with Gasteiger partial charge in [0.2, 0.25) is 0 Å². The zero-order chi connectivity index (χ0) is 6.69. The molecule has 1 heterocycles. The molecular formula is C6H12FNO. The second-order valence-electron chi connectivity index (χ2n) is 2.41. The van der Waals surface area contributed by atoms with E-state index in [2.05, 4.69) is 5.32 Å². The Morgan fingerprint density at radius 3 is 2.78 bits per heavy atom. The van der Waals surface area contributed by atoms with Gasteiger partial charge in [0, 0.05) is 0 Å². The number of aliphatic hydroxyl groups excluding tert-OH is 1. The highest BCUT2D eigenvalue weighted by Gasteiger charge is 2.19. The lowest BCUT2D eigenvalue weighted by Gasteiger charge is -2.09. The second kappa shape index (κ2) is 3.13. The van der Waals surface area contributed by atoms with Crippen molar-refractivity contribution in [3.8, 4) is 0 Å². The van der Waals surface area contributed by atoms with Crippen LogP contribution in [0, 0.1) is 0 Å². The van der Waals surface area contributed by atoms with Gasteiger partial charge in [0.15, 0.2) is 0 Å². The maximum Gasteiger partial charge on any atom is 0.127 e. The van der Waals surface area contributed by atoms with E-state index in [9.17, 15) is 4.39 Å². The summed E-state index contributed by atoms with van der Waals surface area (Å²) in [6, 6.07) is 0. The lowest BCUT2D eigenvalue weighted by atomic mass is 10.1. The predicted octanol–water partition coefficient (Wildman–Crippen LogP) is 0.0688. The van der Waals surface area contributed by atoms with Crippen molar-refractivity contribution in [2.24, 2.45) is 0 Å². The standard InChI is InChI=1S/C6H12FNO/c7-5-1-3-8-4-2-6(5)9/h5-6,8-9H,1-4H2. The number of halogens is 1.